The minimum atomic E-state index is 0.473. The first-order valence-corrected chi connectivity index (χ1v) is 4.66. The lowest BCUT2D eigenvalue weighted by Crippen LogP contribution is -2.06. The third kappa shape index (κ3) is 1.63. The molecule has 0 saturated heterocycles. The lowest BCUT2D eigenvalue weighted by molar-refractivity contribution is 0.184. The van der Waals surface area contributed by atoms with Crippen LogP contribution in [0.25, 0.3) is 11.0 Å². The van der Waals surface area contributed by atoms with Gasteiger partial charge in [-0.25, -0.2) is 14.6 Å². The number of ether oxygens (including phenoxy) is 1. The number of hydrogen-bond acceptors (Lipinski definition) is 5. The van der Waals surface area contributed by atoms with E-state index in [4.69, 9.17) is 10.5 Å². The van der Waals surface area contributed by atoms with Crippen LogP contribution in [-0.2, 0) is 11.3 Å². The van der Waals surface area contributed by atoms with E-state index in [-0.39, 0.29) is 0 Å². The minimum absolute atomic E-state index is 0.473. The van der Waals surface area contributed by atoms with Crippen LogP contribution >= 0.6 is 0 Å². The van der Waals surface area contributed by atoms with E-state index in [2.05, 4.69) is 15.1 Å². The Morgan fingerprint density at radius 2 is 2.27 bits per heavy atom. The van der Waals surface area contributed by atoms with Crippen LogP contribution < -0.4 is 5.73 Å². The Balaban J connectivity index is 2.53. The number of nitrogens with two attached hydrogens (primary N) is 1. The largest absolute Gasteiger partial charge is 0.383 e. The molecule has 2 aromatic rings. The van der Waals surface area contributed by atoms with Gasteiger partial charge in [0.2, 0.25) is 0 Å². The molecule has 0 aliphatic rings. The molecule has 2 heterocycles. The van der Waals surface area contributed by atoms with Crippen LogP contribution in [0.5, 0.6) is 0 Å². The van der Waals surface area contributed by atoms with Crippen molar-refractivity contribution in [3.8, 4) is 0 Å². The number of rotatable bonds is 3. The molecule has 0 unspecified atom stereocenters. The predicted molar refractivity (Wildman–Crippen MR) is 56.3 cm³/mol. The number of nitrogen functional groups attached to an aromatic ring is 1. The van der Waals surface area contributed by atoms with Gasteiger partial charge >= 0.3 is 0 Å². The van der Waals surface area contributed by atoms with Gasteiger partial charge < -0.3 is 10.5 Å². The van der Waals surface area contributed by atoms with Gasteiger partial charge in [-0.15, -0.1) is 0 Å². The summed E-state index contributed by atoms with van der Waals surface area (Å²) in [4.78, 5) is 8.11. The molecule has 0 fully saturated rings. The maximum absolute atomic E-state index is 5.76. The lowest BCUT2D eigenvalue weighted by Gasteiger charge is -2.00. The quantitative estimate of drug-likeness (QED) is 0.786. The monoisotopic (exact) mass is 207 g/mol. The van der Waals surface area contributed by atoms with E-state index in [0.717, 1.165) is 16.7 Å². The molecule has 0 aromatic carbocycles. The number of fused-ring (bicyclic) bond motifs is 1. The second-order valence-corrected chi connectivity index (χ2v) is 3.26. The maximum atomic E-state index is 5.76. The Labute approximate surface area is 87.1 Å². The summed E-state index contributed by atoms with van der Waals surface area (Å²) in [7, 11) is 1.65. The SMILES string of the molecule is COCCn1nc(C)c2c(N)ncnc21. The number of hydrogen-bond donors (Lipinski definition) is 1. The topological polar surface area (TPSA) is 78.9 Å². The average Bonchev–Trinajstić information content (AvgIpc) is 2.54. The number of nitrogens with zero attached hydrogens (tertiary/aromatic N) is 4. The fourth-order valence-corrected chi connectivity index (χ4v) is 1.54. The summed E-state index contributed by atoms with van der Waals surface area (Å²) in [6.45, 7) is 3.16. The summed E-state index contributed by atoms with van der Waals surface area (Å²) in [5, 5.41) is 5.17. The Morgan fingerprint density at radius 1 is 1.47 bits per heavy atom. The van der Waals surface area contributed by atoms with Gasteiger partial charge in [-0.2, -0.15) is 5.10 Å². The predicted octanol–water partition coefficient (Wildman–Crippen LogP) is 0.363. The van der Waals surface area contributed by atoms with Crippen LogP contribution in [0.4, 0.5) is 5.82 Å². The summed E-state index contributed by atoms with van der Waals surface area (Å²) in [6, 6.07) is 0. The number of methoxy groups -OCH3 is 1. The lowest BCUT2D eigenvalue weighted by atomic mass is 10.3. The first kappa shape index (κ1) is 9.85. The van der Waals surface area contributed by atoms with Crippen molar-refractivity contribution in [3.05, 3.63) is 12.0 Å². The van der Waals surface area contributed by atoms with Crippen LogP contribution in [-0.4, -0.2) is 33.5 Å². The van der Waals surface area contributed by atoms with Crippen molar-refractivity contribution in [2.75, 3.05) is 19.5 Å². The van der Waals surface area contributed by atoms with Gasteiger partial charge in [-0.1, -0.05) is 0 Å². The fourth-order valence-electron chi connectivity index (χ4n) is 1.54. The molecule has 80 valence electrons. The van der Waals surface area contributed by atoms with Gasteiger partial charge in [-0.3, -0.25) is 0 Å². The molecule has 2 rings (SSSR count). The van der Waals surface area contributed by atoms with E-state index in [1.165, 1.54) is 6.33 Å². The molecule has 2 aromatic heterocycles. The highest BCUT2D eigenvalue weighted by atomic mass is 16.5. The Bertz CT molecular complexity index is 479. The van der Waals surface area contributed by atoms with E-state index in [0.29, 0.717) is 19.0 Å². The highest BCUT2D eigenvalue weighted by molar-refractivity contribution is 5.87. The average molecular weight is 207 g/mol. The van der Waals surface area contributed by atoms with E-state index >= 15 is 0 Å². The van der Waals surface area contributed by atoms with Gasteiger partial charge in [0.15, 0.2) is 5.65 Å². The number of aryl methyl sites for hydroxylation is 1. The van der Waals surface area contributed by atoms with Gasteiger partial charge in [0, 0.05) is 7.11 Å². The summed E-state index contributed by atoms with van der Waals surface area (Å²) in [5.41, 5.74) is 7.37. The van der Waals surface area contributed by atoms with Crippen molar-refractivity contribution < 1.29 is 4.74 Å². The van der Waals surface area contributed by atoms with Crippen molar-refractivity contribution in [1.29, 1.82) is 0 Å². The molecule has 2 N–H and O–H groups in total. The highest BCUT2D eigenvalue weighted by Crippen LogP contribution is 2.19. The molecule has 0 atom stereocenters. The van der Waals surface area contributed by atoms with Crippen LogP contribution in [0.15, 0.2) is 6.33 Å². The summed E-state index contributed by atoms with van der Waals surface area (Å²) < 4.78 is 6.78. The summed E-state index contributed by atoms with van der Waals surface area (Å²) in [5.74, 6) is 0.473. The fraction of sp³-hybridized carbons (Fsp3) is 0.444. The molecule has 0 spiro atoms. The van der Waals surface area contributed by atoms with Crippen LogP contribution in [0.2, 0.25) is 0 Å². The summed E-state index contributed by atoms with van der Waals surface area (Å²) >= 11 is 0. The van der Waals surface area contributed by atoms with Crippen LogP contribution in [0.1, 0.15) is 5.69 Å². The molecule has 0 aliphatic carbocycles. The van der Waals surface area contributed by atoms with Gasteiger partial charge in [0.05, 0.1) is 24.2 Å². The molecule has 0 saturated carbocycles. The second kappa shape index (κ2) is 3.82. The van der Waals surface area contributed by atoms with Crippen molar-refractivity contribution in [3.63, 3.8) is 0 Å². The zero-order valence-electron chi connectivity index (χ0n) is 8.77. The zero-order valence-corrected chi connectivity index (χ0v) is 8.77. The van der Waals surface area contributed by atoms with Crippen molar-refractivity contribution >= 4 is 16.9 Å². The van der Waals surface area contributed by atoms with E-state index in [1.54, 1.807) is 11.8 Å². The number of anilines is 1. The third-order valence-corrected chi connectivity index (χ3v) is 2.24. The number of aromatic nitrogens is 4. The molecule has 6 heteroatoms. The third-order valence-electron chi connectivity index (χ3n) is 2.24. The molecule has 15 heavy (non-hydrogen) atoms. The standard InChI is InChI=1S/C9H13N5O/c1-6-7-8(10)11-5-12-9(7)14(13-6)3-4-15-2/h5H,3-4H2,1-2H3,(H2,10,11,12). The van der Waals surface area contributed by atoms with Gasteiger partial charge in [-0.05, 0) is 6.92 Å². The second-order valence-electron chi connectivity index (χ2n) is 3.26. The normalized spacial score (nSPS) is 11.1. The smallest absolute Gasteiger partial charge is 0.163 e. The molecule has 0 radical (unpaired) electrons. The molecule has 6 nitrogen and oxygen atoms in total. The maximum Gasteiger partial charge on any atom is 0.163 e. The molecule has 0 aliphatic heterocycles. The van der Waals surface area contributed by atoms with Crippen LogP contribution in [0, 0.1) is 6.92 Å². The highest BCUT2D eigenvalue weighted by Gasteiger charge is 2.11. The first-order valence-electron chi connectivity index (χ1n) is 4.66. The van der Waals surface area contributed by atoms with Gasteiger partial charge in [0.25, 0.3) is 0 Å². The van der Waals surface area contributed by atoms with Crippen molar-refractivity contribution in [2.24, 2.45) is 0 Å². The van der Waals surface area contributed by atoms with Crippen molar-refractivity contribution in [2.45, 2.75) is 13.5 Å². The molecular formula is C9H13N5O. The van der Waals surface area contributed by atoms with Gasteiger partial charge in [0.1, 0.15) is 12.1 Å². The Morgan fingerprint density at radius 3 is 3.00 bits per heavy atom. The van der Waals surface area contributed by atoms with E-state index in [1.807, 2.05) is 6.92 Å². The van der Waals surface area contributed by atoms with Crippen molar-refractivity contribution in [1.82, 2.24) is 19.7 Å². The Kier molecular flexibility index (Phi) is 2.51. The molecular weight excluding hydrogens is 194 g/mol. The van der Waals surface area contributed by atoms with E-state index in [9.17, 15) is 0 Å². The first-order chi connectivity index (χ1) is 7.24. The summed E-state index contributed by atoms with van der Waals surface area (Å²) in [6.07, 6.45) is 1.45. The zero-order chi connectivity index (χ0) is 10.8. The molecule has 0 bridgehead atoms. The van der Waals surface area contributed by atoms with Crippen LogP contribution in [0.3, 0.4) is 0 Å². The molecule has 0 amide bonds. The minimum Gasteiger partial charge on any atom is -0.383 e. The Hall–Kier alpha value is -1.69. The van der Waals surface area contributed by atoms with E-state index < -0.39 is 0 Å².